The first-order valence-electron chi connectivity index (χ1n) is 4.07. The van der Waals surface area contributed by atoms with Gasteiger partial charge in [-0.25, -0.2) is 0 Å². The number of carbonyl (C=O) groups excluding carboxylic acids is 1. The second-order valence-corrected chi connectivity index (χ2v) is 4.96. The molecule has 0 amide bonds. The summed E-state index contributed by atoms with van der Waals surface area (Å²) >= 11 is 10.6. The van der Waals surface area contributed by atoms with E-state index in [2.05, 4.69) is 20.9 Å². The second-order valence-electron chi connectivity index (χ2n) is 2.78. The Hall–Kier alpha value is -0.710. The molecule has 0 N–H and O–H groups in total. The van der Waals surface area contributed by atoms with Crippen molar-refractivity contribution in [3.8, 4) is 0 Å². The minimum atomic E-state index is -0.0794. The number of aromatic nitrogens is 1. The van der Waals surface area contributed by atoms with Crippen molar-refractivity contribution in [1.82, 2.24) is 4.98 Å². The van der Waals surface area contributed by atoms with Crippen LogP contribution in [-0.2, 0) is 0 Å². The van der Waals surface area contributed by atoms with E-state index in [0.29, 0.717) is 15.5 Å². The van der Waals surface area contributed by atoms with Crippen LogP contribution in [0.3, 0.4) is 0 Å². The van der Waals surface area contributed by atoms with Crippen LogP contribution in [0.2, 0.25) is 5.02 Å². The van der Waals surface area contributed by atoms with Crippen molar-refractivity contribution < 1.29 is 4.79 Å². The molecule has 2 aromatic heterocycles. The standard InChI is InChI=1S/C10H5BrClNOS/c11-7-2-4-15-10(7)9(14)6-1-3-13-5-8(6)12/h1-5H. The fraction of sp³-hybridized carbons (Fsp3) is 0. The Morgan fingerprint density at radius 1 is 1.47 bits per heavy atom. The van der Waals surface area contributed by atoms with Crippen molar-refractivity contribution in [1.29, 1.82) is 0 Å². The molecule has 0 radical (unpaired) electrons. The third-order valence-corrected chi connectivity index (χ3v) is 3.98. The number of rotatable bonds is 2. The van der Waals surface area contributed by atoms with Crippen molar-refractivity contribution in [2.24, 2.45) is 0 Å². The molecule has 0 aromatic carbocycles. The van der Waals surface area contributed by atoms with Gasteiger partial charge in [0.2, 0.25) is 5.78 Å². The monoisotopic (exact) mass is 301 g/mol. The molecule has 5 heteroatoms. The maximum atomic E-state index is 12.0. The molecule has 0 bridgehead atoms. The van der Waals surface area contributed by atoms with Gasteiger partial charge in [-0.05, 0) is 33.4 Å². The first kappa shape index (κ1) is 10.8. The molecule has 76 valence electrons. The van der Waals surface area contributed by atoms with Crippen molar-refractivity contribution in [3.05, 3.63) is 49.8 Å². The Kier molecular flexibility index (Phi) is 3.19. The SMILES string of the molecule is O=C(c1ccncc1Cl)c1sccc1Br. The molecule has 0 aliphatic carbocycles. The van der Waals surface area contributed by atoms with E-state index in [4.69, 9.17) is 11.6 Å². The van der Waals surface area contributed by atoms with Gasteiger partial charge in [-0.2, -0.15) is 0 Å². The average molecular weight is 303 g/mol. The van der Waals surface area contributed by atoms with Gasteiger partial charge in [0.05, 0.1) is 9.90 Å². The molecule has 0 saturated carbocycles. The molecule has 2 nitrogen and oxygen atoms in total. The zero-order valence-corrected chi connectivity index (χ0v) is 10.6. The molecule has 0 spiro atoms. The topological polar surface area (TPSA) is 30.0 Å². The molecule has 2 heterocycles. The van der Waals surface area contributed by atoms with Crippen LogP contribution in [-0.4, -0.2) is 10.8 Å². The molecule has 0 fully saturated rings. The van der Waals surface area contributed by atoms with Crippen molar-refractivity contribution in [2.45, 2.75) is 0 Å². The van der Waals surface area contributed by atoms with Gasteiger partial charge in [-0.1, -0.05) is 11.6 Å². The molecule has 2 aromatic rings. The van der Waals surface area contributed by atoms with Gasteiger partial charge in [0.25, 0.3) is 0 Å². The second kappa shape index (κ2) is 4.43. The van der Waals surface area contributed by atoms with Crippen molar-refractivity contribution in [2.75, 3.05) is 0 Å². The Bertz CT molecular complexity index is 512. The van der Waals surface area contributed by atoms with E-state index < -0.39 is 0 Å². The molecule has 0 aliphatic rings. The number of hydrogen-bond donors (Lipinski definition) is 0. The number of carbonyl (C=O) groups is 1. The Morgan fingerprint density at radius 2 is 2.27 bits per heavy atom. The average Bonchev–Trinajstić information content (AvgIpc) is 2.64. The zero-order valence-electron chi connectivity index (χ0n) is 7.41. The molecule has 0 atom stereocenters. The maximum Gasteiger partial charge on any atom is 0.205 e. The van der Waals surface area contributed by atoms with E-state index >= 15 is 0 Å². The number of halogens is 2. The highest BCUT2D eigenvalue weighted by Crippen LogP contribution is 2.27. The van der Waals surface area contributed by atoms with E-state index in [1.807, 2.05) is 11.4 Å². The van der Waals surface area contributed by atoms with Crippen LogP contribution in [0.5, 0.6) is 0 Å². The molecular formula is C10H5BrClNOS. The molecule has 0 unspecified atom stereocenters. The maximum absolute atomic E-state index is 12.0. The lowest BCUT2D eigenvalue weighted by Crippen LogP contribution is -2.00. The van der Waals surface area contributed by atoms with Gasteiger partial charge in [0.1, 0.15) is 0 Å². The fourth-order valence-electron chi connectivity index (χ4n) is 1.14. The highest BCUT2D eigenvalue weighted by Gasteiger charge is 2.16. The molecule has 15 heavy (non-hydrogen) atoms. The summed E-state index contributed by atoms with van der Waals surface area (Å²) in [7, 11) is 0. The summed E-state index contributed by atoms with van der Waals surface area (Å²) in [6.07, 6.45) is 3.02. The van der Waals surface area contributed by atoms with E-state index in [0.717, 1.165) is 4.47 Å². The van der Waals surface area contributed by atoms with Crippen LogP contribution in [0.1, 0.15) is 15.2 Å². The van der Waals surface area contributed by atoms with Gasteiger partial charge in [-0.15, -0.1) is 11.3 Å². The fourth-order valence-corrected chi connectivity index (χ4v) is 2.85. The summed E-state index contributed by atoms with van der Waals surface area (Å²) in [5.74, 6) is -0.0794. The lowest BCUT2D eigenvalue weighted by atomic mass is 10.1. The van der Waals surface area contributed by atoms with Gasteiger partial charge in [0, 0.05) is 22.4 Å². The third kappa shape index (κ3) is 2.12. The number of pyridine rings is 1. The van der Waals surface area contributed by atoms with Gasteiger partial charge < -0.3 is 0 Å². The molecule has 0 aliphatic heterocycles. The highest BCUT2D eigenvalue weighted by molar-refractivity contribution is 9.10. The van der Waals surface area contributed by atoms with Gasteiger partial charge in [-0.3, -0.25) is 9.78 Å². The number of thiophene rings is 1. The minimum Gasteiger partial charge on any atom is -0.288 e. The van der Waals surface area contributed by atoms with E-state index in [9.17, 15) is 4.79 Å². The lowest BCUT2D eigenvalue weighted by molar-refractivity contribution is 0.104. The number of ketones is 1. The normalized spacial score (nSPS) is 10.3. The quantitative estimate of drug-likeness (QED) is 0.790. The van der Waals surface area contributed by atoms with E-state index in [-0.39, 0.29) is 5.78 Å². The minimum absolute atomic E-state index is 0.0794. The summed E-state index contributed by atoms with van der Waals surface area (Å²) < 4.78 is 0.797. The summed E-state index contributed by atoms with van der Waals surface area (Å²) in [4.78, 5) is 16.5. The Balaban J connectivity index is 2.46. The predicted molar refractivity (Wildman–Crippen MR) is 64.7 cm³/mol. The molecule has 0 saturated heterocycles. The molecular weight excluding hydrogens is 298 g/mol. The van der Waals surface area contributed by atoms with Crippen LogP contribution in [0.4, 0.5) is 0 Å². The van der Waals surface area contributed by atoms with Crippen LogP contribution in [0.25, 0.3) is 0 Å². The van der Waals surface area contributed by atoms with Gasteiger partial charge in [0.15, 0.2) is 0 Å². The van der Waals surface area contributed by atoms with Gasteiger partial charge >= 0.3 is 0 Å². The van der Waals surface area contributed by atoms with Crippen LogP contribution < -0.4 is 0 Å². The first-order valence-corrected chi connectivity index (χ1v) is 6.12. The van der Waals surface area contributed by atoms with Crippen LogP contribution >= 0.6 is 38.9 Å². The summed E-state index contributed by atoms with van der Waals surface area (Å²) in [6, 6.07) is 3.46. The molecule has 2 rings (SSSR count). The number of hydrogen-bond acceptors (Lipinski definition) is 3. The van der Waals surface area contributed by atoms with E-state index in [1.165, 1.54) is 17.5 Å². The highest BCUT2D eigenvalue weighted by atomic mass is 79.9. The van der Waals surface area contributed by atoms with Crippen LogP contribution in [0.15, 0.2) is 34.4 Å². The summed E-state index contributed by atoms with van der Waals surface area (Å²) in [5.41, 5.74) is 0.481. The largest absolute Gasteiger partial charge is 0.288 e. The summed E-state index contributed by atoms with van der Waals surface area (Å²) in [5, 5.41) is 2.23. The Labute approximate surface area is 104 Å². The van der Waals surface area contributed by atoms with Crippen molar-refractivity contribution in [3.63, 3.8) is 0 Å². The third-order valence-electron chi connectivity index (χ3n) is 1.84. The lowest BCUT2D eigenvalue weighted by Gasteiger charge is -2.00. The smallest absolute Gasteiger partial charge is 0.205 e. The first-order chi connectivity index (χ1) is 7.20. The number of nitrogens with zero attached hydrogens (tertiary/aromatic N) is 1. The van der Waals surface area contributed by atoms with E-state index in [1.54, 1.807) is 12.3 Å². The zero-order chi connectivity index (χ0) is 10.8. The Morgan fingerprint density at radius 3 is 2.87 bits per heavy atom. The summed E-state index contributed by atoms with van der Waals surface area (Å²) in [6.45, 7) is 0. The predicted octanol–water partition coefficient (Wildman–Crippen LogP) is 3.79. The van der Waals surface area contributed by atoms with Crippen LogP contribution in [0, 0.1) is 0 Å². The van der Waals surface area contributed by atoms with Crippen molar-refractivity contribution >= 4 is 44.7 Å².